The number of rotatable bonds is 7. The van der Waals surface area contributed by atoms with Crippen molar-refractivity contribution < 1.29 is 4.79 Å². The quantitative estimate of drug-likeness (QED) is 0.637. The molecule has 1 amide bonds. The van der Waals surface area contributed by atoms with Gasteiger partial charge in [0.1, 0.15) is 0 Å². The summed E-state index contributed by atoms with van der Waals surface area (Å²) in [7, 11) is 0. The number of amides is 1. The average Bonchev–Trinajstić information content (AvgIpc) is 2.82. The second-order valence-electron chi connectivity index (χ2n) is 5.10. The standard InChI is InChI=1S/C14H26ClNO/c1-3-13(4-2)16(10-9-15)14(17)11-12-7-5-6-8-12/h12-13H,3-11H2,1-2H3. The molecule has 0 saturated heterocycles. The SMILES string of the molecule is CCC(CC)N(CCCl)C(=O)CC1CCCC1. The van der Waals surface area contributed by atoms with Crippen LogP contribution in [-0.2, 0) is 4.79 Å². The minimum Gasteiger partial charge on any atom is -0.339 e. The molecule has 0 N–H and O–H groups in total. The first-order chi connectivity index (χ1) is 8.22. The van der Waals surface area contributed by atoms with Gasteiger partial charge in [-0.05, 0) is 31.6 Å². The first-order valence-corrected chi connectivity index (χ1v) is 7.61. The van der Waals surface area contributed by atoms with Crippen molar-refractivity contribution in [2.45, 2.75) is 64.8 Å². The molecule has 1 aliphatic rings. The fourth-order valence-corrected chi connectivity index (χ4v) is 3.09. The van der Waals surface area contributed by atoms with Gasteiger partial charge >= 0.3 is 0 Å². The summed E-state index contributed by atoms with van der Waals surface area (Å²) < 4.78 is 0. The average molecular weight is 260 g/mol. The van der Waals surface area contributed by atoms with E-state index < -0.39 is 0 Å². The Balaban J connectivity index is 2.52. The first-order valence-electron chi connectivity index (χ1n) is 7.08. The van der Waals surface area contributed by atoms with E-state index in [4.69, 9.17) is 11.6 Å². The summed E-state index contributed by atoms with van der Waals surface area (Å²) >= 11 is 5.82. The maximum absolute atomic E-state index is 12.3. The minimum atomic E-state index is 0.325. The van der Waals surface area contributed by atoms with Crippen LogP contribution >= 0.6 is 11.6 Å². The van der Waals surface area contributed by atoms with Crippen LogP contribution in [0.2, 0.25) is 0 Å². The highest BCUT2D eigenvalue weighted by atomic mass is 35.5. The van der Waals surface area contributed by atoms with E-state index >= 15 is 0 Å². The van der Waals surface area contributed by atoms with E-state index in [9.17, 15) is 4.79 Å². The van der Waals surface area contributed by atoms with Gasteiger partial charge in [-0.3, -0.25) is 4.79 Å². The second kappa shape index (κ2) is 7.97. The van der Waals surface area contributed by atoms with E-state index in [-0.39, 0.29) is 0 Å². The molecular formula is C14H26ClNO. The maximum atomic E-state index is 12.3. The molecule has 1 aliphatic carbocycles. The Morgan fingerprint density at radius 3 is 2.35 bits per heavy atom. The molecule has 0 aromatic carbocycles. The predicted molar refractivity (Wildman–Crippen MR) is 73.4 cm³/mol. The van der Waals surface area contributed by atoms with Gasteiger partial charge in [0.05, 0.1) is 0 Å². The molecule has 100 valence electrons. The summed E-state index contributed by atoms with van der Waals surface area (Å²) in [5, 5.41) is 0. The molecule has 3 heteroatoms. The second-order valence-corrected chi connectivity index (χ2v) is 5.48. The molecule has 0 aromatic rings. The number of alkyl halides is 1. The molecule has 0 spiro atoms. The molecule has 1 saturated carbocycles. The Labute approximate surface area is 111 Å². The van der Waals surface area contributed by atoms with Crippen LogP contribution in [0.1, 0.15) is 58.8 Å². The lowest BCUT2D eigenvalue weighted by Gasteiger charge is -2.31. The molecule has 1 rings (SSSR count). The van der Waals surface area contributed by atoms with Crippen molar-refractivity contribution in [2.75, 3.05) is 12.4 Å². The van der Waals surface area contributed by atoms with Gasteiger partial charge in [-0.15, -0.1) is 11.6 Å². The largest absolute Gasteiger partial charge is 0.339 e. The lowest BCUT2D eigenvalue weighted by Crippen LogP contribution is -2.41. The third kappa shape index (κ3) is 4.50. The van der Waals surface area contributed by atoms with Crippen molar-refractivity contribution in [1.82, 2.24) is 4.90 Å². The Morgan fingerprint density at radius 2 is 1.88 bits per heavy atom. The molecule has 2 nitrogen and oxygen atoms in total. The van der Waals surface area contributed by atoms with Crippen molar-refractivity contribution in [3.05, 3.63) is 0 Å². The number of hydrogen-bond acceptors (Lipinski definition) is 1. The monoisotopic (exact) mass is 259 g/mol. The van der Waals surface area contributed by atoms with Gasteiger partial charge in [0.15, 0.2) is 0 Å². The normalized spacial score (nSPS) is 16.7. The van der Waals surface area contributed by atoms with E-state index in [1.54, 1.807) is 0 Å². The molecule has 0 aromatic heterocycles. The summed E-state index contributed by atoms with van der Waals surface area (Å²) in [5.41, 5.74) is 0. The van der Waals surface area contributed by atoms with Crippen molar-refractivity contribution >= 4 is 17.5 Å². The lowest BCUT2D eigenvalue weighted by atomic mass is 10.0. The van der Waals surface area contributed by atoms with Crippen LogP contribution < -0.4 is 0 Å². The summed E-state index contributed by atoms with van der Waals surface area (Å²) in [6, 6.07) is 0.377. The zero-order chi connectivity index (χ0) is 12.7. The predicted octanol–water partition coefficient (Wildman–Crippen LogP) is 3.82. The smallest absolute Gasteiger partial charge is 0.223 e. The molecule has 17 heavy (non-hydrogen) atoms. The number of halogens is 1. The van der Waals surface area contributed by atoms with Gasteiger partial charge < -0.3 is 4.90 Å². The van der Waals surface area contributed by atoms with Gasteiger partial charge in [0.2, 0.25) is 5.91 Å². The lowest BCUT2D eigenvalue weighted by molar-refractivity contribution is -0.134. The van der Waals surface area contributed by atoms with Crippen LogP contribution in [0.4, 0.5) is 0 Å². The molecule has 1 fully saturated rings. The summed E-state index contributed by atoms with van der Waals surface area (Å²) in [6.07, 6.45) is 7.89. The van der Waals surface area contributed by atoms with E-state index in [0.29, 0.717) is 30.3 Å². The van der Waals surface area contributed by atoms with Crippen LogP contribution in [0.5, 0.6) is 0 Å². The van der Waals surface area contributed by atoms with Crippen molar-refractivity contribution in [2.24, 2.45) is 5.92 Å². The highest BCUT2D eigenvalue weighted by Gasteiger charge is 2.25. The first kappa shape index (κ1) is 14.8. The Kier molecular flexibility index (Phi) is 6.94. The van der Waals surface area contributed by atoms with Gasteiger partial charge in [-0.2, -0.15) is 0 Å². The Morgan fingerprint density at radius 1 is 1.29 bits per heavy atom. The fourth-order valence-electron chi connectivity index (χ4n) is 2.91. The zero-order valence-electron chi connectivity index (χ0n) is 11.3. The molecule has 0 unspecified atom stereocenters. The molecule has 0 radical (unpaired) electrons. The minimum absolute atomic E-state index is 0.325. The topological polar surface area (TPSA) is 20.3 Å². The van der Waals surface area contributed by atoms with Crippen LogP contribution in [0.25, 0.3) is 0 Å². The molecule has 0 atom stereocenters. The number of nitrogens with zero attached hydrogens (tertiary/aromatic N) is 1. The van der Waals surface area contributed by atoms with Crippen LogP contribution in [-0.4, -0.2) is 29.3 Å². The molecule has 0 heterocycles. The van der Waals surface area contributed by atoms with Crippen molar-refractivity contribution in [3.8, 4) is 0 Å². The fraction of sp³-hybridized carbons (Fsp3) is 0.929. The number of hydrogen-bond donors (Lipinski definition) is 0. The van der Waals surface area contributed by atoms with E-state index in [2.05, 4.69) is 13.8 Å². The highest BCUT2D eigenvalue weighted by molar-refractivity contribution is 6.18. The van der Waals surface area contributed by atoms with E-state index in [1.165, 1.54) is 25.7 Å². The van der Waals surface area contributed by atoms with Crippen molar-refractivity contribution in [1.29, 1.82) is 0 Å². The summed E-state index contributed by atoms with van der Waals surface area (Å²) in [5.74, 6) is 1.51. The number of carbonyl (C=O) groups excluding carboxylic acids is 1. The molecule has 0 bridgehead atoms. The summed E-state index contributed by atoms with van der Waals surface area (Å²) in [4.78, 5) is 14.3. The Hall–Kier alpha value is -0.240. The van der Waals surface area contributed by atoms with Gasteiger partial charge in [0, 0.05) is 24.9 Å². The molecular weight excluding hydrogens is 234 g/mol. The van der Waals surface area contributed by atoms with Gasteiger partial charge in [-0.25, -0.2) is 0 Å². The Bertz CT molecular complexity index is 222. The third-order valence-corrected chi connectivity index (χ3v) is 4.14. The van der Waals surface area contributed by atoms with Crippen LogP contribution in [0.15, 0.2) is 0 Å². The van der Waals surface area contributed by atoms with E-state index in [1.807, 2.05) is 4.90 Å². The van der Waals surface area contributed by atoms with Crippen molar-refractivity contribution in [3.63, 3.8) is 0 Å². The van der Waals surface area contributed by atoms with Gasteiger partial charge in [0.25, 0.3) is 0 Å². The zero-order valence-corrected chi connectivity index (χ0v) is 12.0. The maximum Gasteiger partial charge on any atom is 0.223 e. The highest BCUT2D eigenvalue weighted by Crippen LogP contribution is 2.28. The third-order valence-electron chi connectivity index (χ3n) is 3.97. The summed E-state index contributed by atoms with van der Waals surface area (Å²) in [6.45, 7) is 5.01. The molecule has 0 aliphatic heterocycles. The van der Waals surface area contributed by atoms with E-state index in [0.717, 1.165) is 19.3 Å². The number of carbonyl (C=O) groups is 1. The van der Waals surface area contributed by atoms with Crippen LogP contribution in [0, 0.1) is 5.92 Å². The van der Waals surface area contributed by atoms with Crippen LogP contribution in [0.3, 0.4) is 0 Å². The van der Waals surface area contributed by atoms with Gasteiger partial charge in [-0.1, -0.05) is 26.7 Å².